The highest BCUT2D eigenvalue weighted by atomic mass is 16.2. The lowest BCUT2D eigenvalue weighted by Gasteiger charge is -2.47. The number of carbonyl (C=O) groups is 1. The second-order valence-corrected chi connectivity index (χ2v) is 8.79. The van der Waals surface area contributed by atoms with Crippen LogP contribution in [-0.4, -0.2) is 68.8 Å². The van der Waals surface area contributed by atoms with Crippen molar-refractivity contribution in [2.24, 2.45) is 13.0 Å². The van der Waals surface area contributed by atoms with Crippen LogP contribution in [0.1, 0.15) is 34.4 Å². The molecule has 0 saturated carbocycles. The van der Waals surface area contributed by atoms with Crippen molar-refractivity contribution in [1.82, 2.24) is 29.1 Å². The number of pyridine rings is 2. The van der Waals surface area contributed by atoms with Crippen LogP contribution >= 0.6 is 0 Å². The molecular formula is C22H26N6O2. The van der Waals surface area contributed by atoms with Gasteiger partial charge in [0, 0.05) is 50.6 Å². The van der Waals surface area contributed by atoms with Gasteiger partial charge < -0.3 is 14.4 Å². The molecule has 0 spiro atoms. The number of hydrogen-bond donors (Lipinski definition) is 0. The molecule has 1 amide bonds. The van der Waals surface area contributed by atoms with Crippen LogP contribution in [0.5, 0.6) is 0 Å². The SMILES string of the molecule is CN(C)C[C@H]1[C@H]2C[C@H](CN(C(=O)c3cnc4cnn(C)c4c3)C2)c2cccc(=O)n21. The number of fused-ring (bicyclic) bond motifs is 5. The monoisotopic (exact) mass is 406 g/mol. The van der Waals surface area contributed by atoms with Crippen LogP contribution in [0.2, 0.25) is 0 Å². The molecule has 0 aromatic carbocycles. The molecule has 8 heteroatoms. The summed E-state index contributed by atoms with van der Waals surface area (Å²) in [5.41, 5.74) is 3.31. The zero-order chi connectivity index (χ0) is 21.0. The number of carbonyl (C=O) groups excluding carboxylic acids is 1. The molecule has 2 aliphatic rings. The van der Waals surface area contributed by atoms with Crippen molar-refractivity contribution in [2.45, 2.75) is 18.4 Å². The van der Waals surface area contributed by atoms with Gasteiger partial charge in [0.2, 0.25) is 0 Å². The number of aryl methyl sites for hydroxylation is 1. The number of hydrogen-bond acceptors (Lipinski definition) is 5. The Morgan fingerprint density at radius 2 is 2.07 bits per heavy atom. The predicted molar refractivity (Wildman–Crippen MR) is 114 cm³/mol. The number of amides is 1. The van der Waals surface area contributed by atoms with E-state index in [9.17, 15) is 9.59 Å². The summed E-state index contributed by atoms with van der Waals surface area (Å²) < 4.78 is 3.71. The van der Waals surface area contributed by atoms with E-state index in [2.05, 4.69) is 15.0 Å². The van der Waals surface area contributed by atoms with Crippen molar-refractivity contribution >= 4 is 16.9 Å². The number of rotatable bonds is 3. The minimum Gasteiger partial charge on any atom is -0.338 e. The normalized spacial score (nSPS) is 23.1. The Bertz CT molecular complexity index is 1180. The van der Waals surface area contributed by atoms with Crippen LogP contribution in [0.15, 0.2) is 41.5 Å². The smallest absolute Gasteiger partial charge is 0.255 e. The second-order valence-electron chi connectivity index (χ2n) is 8.79. The average molecular weight is 406 g/mol. The maximum atomic E-state index is 13.4. The molecule has 8 nitrogen and oxygen atoms in total. The topological polar surface area (TPSA) is 76.3 Å². The minimum absolute atomic E-state index is 0.00405. The lowest BCUT2D eigenvalue weighted by Crippen LogP contribution is -2.52. The summed E-state index contributed by atoms with van der Waals surface area (Å²) in [6.45, 7) is 2.05. The van der Waals surface area contributed by atoms with E-state index in [1.54, 1.807) is 23.1 Å². The first kappa shape index (κ1) is 19.0. The number of piperidine rings is 1. The molecule has 0 aliphatic carbocycles. The van der Waals surface area contributed by atoms with Gasteiger partial charge in [-0.05, 0) is 38.6 Å². The van der Waals surface area contributed by atoms with Gasteiger partial charge in [0.1, 0.15) is 5.52 Å². The Morgan fingerprint density at radius 3 is 2.87 bits per heavy atom. The number of nitrogens with zero attached hydrogens (tertiary/aromatic N) is 6. The van der Waals surface area contributed by atoms with Gasteiger partial charge in [0.05, 0.1) is 23.3 Å². The zero-order valence-corrected chi connectivity index (χ0v) is 17.5. The number of aromatic nitrogens is 4. The molecule has 5 heterocycles. The molecule has 0 radical (unpaired) electrons. The minimum atomic E-state index is -0.00405. The van der Waals surface area contributed by atoms with Crippen molar-refractivity contribution in [3.8, 4) is 0 Å². The van der Waals surface area contributed by atoms with Gasteiger partial charge in [-0.3, -0.25) is 19.3 Å². The Balaban J connectivity index is 1.50. The van der Waals surface area contributed by atoms with Crippen molar-refractivity contribution < 1.29 is 4.79 Å². The Kier molecular flexibility index (Phi) is 4.47. The van der Waals surface area contributed by atoms with E-state index in [0.29, 0.717) is 18.7 Å². The first-order valence-electron chi connectivity index (χ1n) is 10.4. The Hall–Kier alpha value is -3.00. The summed E-state index contributed by atoms with van der Waals surface area (Å²) >= 11 is 0. The first-order valence-corrected chi connectivity index (χ1v) is 10.4. The molecule has 156 valence electrons. The Labute approximate surface area is 174 Å². The highest BCUT2D eigenvalue weighted by molar-refractivity contribution is 5.96. The lowest BCUT2D eigenvalue weighted by molar-refractivity contribution is 0.0498. The number of likely N-dealkylation sites (tertiary alicyclic amines) is 1. The summed E-state index contributed by atoms with van der Waals surface area (Å²) in [5.74, 6) is 0.417. The van der Waals surface area contributed by atoms with Crippen LogP contribution in [-0.2, 0) is 7.05 Å². The van der Waals surface area contributed by atoms with E-state index in [1.807, 2.05) is 48.8 Å². The van der Waals surface area contributed by atoms with Gasteiger partial charge in [-0.25, -0.2) is 0 Å². The highest BCUT2D eigenvalue weighted by Gasteiger charge is 2.42. The third-order valence-electron chi connectivity index (χ3n) is 6.48. The third-order valence-corrected chi connectivity index (χ3v) is 6.48. The summed E-state index contributed by atoms with van der Waals surface area (Å²) in [4.78, 5) is 34.6. The molecular weight excluding hydrogens is 380 g/mol. The van der Waals surface area contributed by atoms with Crippen LogP contribution in [0.3, 0.4) is 0 Å². The summed E-state index contributed by atoms with van der Waals surface area (Å²) in [6, 6.07) is 7.46. The van der Waals surface area contributed by atoms with Crippen LogP contribution in [0.25, 0.3) is 11.0 Å². The molecule has 3 aromatic rings. The van der Waals surface area contributed by atoms with Crippen LogP contribution in [0.4, 0.5) is 0 Å². The van der Waals surface area contributed by atoms with Crippen molar-refractivity contribution in [2.75, 3.05) is 33.7 Å². The van der Waals surface area contributed by atoms with Crippen molar-refractivity contribution in [3.05, 3.63) is 58.3 Å². The van der Waals surface area contributed by atoms with E-state index in [4.69, 9.17) is 0 Å². The molecule has 3 aromatic heterocycles. The average Bonchev–Trinajstić information content (AvgIpc) is 3.10. The summed E-state index contributed by atoms with van der Waals surface area (Å²) in [7, 11) is 5.91. The fourth-order valence-electron chi connectivity index (χ4n) is 5.14. The van der Waals surface area contributed by atoms with Crippen LogP contribution < -0.4 is 5.56 Å². The fraction of sp³-hybridized carbons (Fsp3) is 0.455. The molecule has 0 N–H and O–H groups in total. The van der Waals surface area contributed by atoms with Gasteiger partial charge in [0.25, 0.3) is 11.5 Å². The van der Waals surface area contributed by atoms with E-state index in [0.717, 1.165) is 29.7 Å². The number of likely N-dealkylation sites (N-methyl/N-ethyl adjacent to an activating group) is 1. The van der Waals surface area contributed by atoms with Gasteiger partial charge in [0.15, 0.2) is 0 Å². The van der Waals surface area contributed by atoms with Crippen molar-refractivity contribution in [1.29, 1.82) is 0 Å². The standard InChI is InChI=1S/C22H26N6O2/c1-25(2)13-20-16-7-15(18-5-4-6-21(29)28(18)20)11-27(12-16)22(30)14-8-19-17(23-9-14)10-24-26(19)3/h4-6,8-10,15-16,20H,7,11-13H2,1-3H3/t15-,16+,20+/m1/s1. The van der Waals surface area contributed by atoms with Crippen LogP contribution in [0, 0.1) is 5.92 Å². The van der Waals surface area contributed by atoms with E-state index in [-0.39, 0.29) is 29.3 Å². The van der Waals surface area contributed by atoms with E-state index >= 15 is 0 Å². The maximum absolute atomic E-state index is 13.4. The third kappa shape index (κ3) is 3.02. The fourth-order valence-corrected chi connectivity index (χ4v) is 5.14. The molecule has 2 aliphatic heterocycles. The molecule has 1 saturated heterocycles. The quantitative estimate of drug-likeness (QED) is 0.659. The van der Waals surface area contributed by atoms with Gasteiger partial charge in [-0.15, -0.1) is 0 Å². The molecule has 5 rings (SSSR count). The zero-order valence-electron chi connectivity index (χ0n) is 17.5. The van der Waals surface area contributed by atoms with Gasteiger partial charge >= 0.3 is 0 Å². The molecule has 30 heavy (non-hydrogen) atoms. The van der Waals surface area contributed by atoms with Gasteiger partial charge in [-0.1, -0.05) is 6.07 Å². The summed E-state index contributed by atoms with van der Waals surface area (Å²) in [5, 5.41) is 4.22. The lowest BCUT2D eigenvalue weighted by atomic mass is 9.78. The van der Waals surface area contributed by atoms with Crippen molar-refractivity contribution in [3.63, 3.8) is 0 Å². The summed E-state index contributed by atoms with van der Waals surface area (Å²) in [6.07, 6.45) is 4.35. The van der Waals surface area contributed by atoms with E-state index in [1.165, 1.54) is 0 Å². The van der Waals surface area contributed by atoms with Gasteiger partial charge in [-0.2, -0.15) is 5.10 Å². The molecule has 0 unspecified atom stereocenters. The maximum Gasteiger partial charge on any atom is 0.255 e. The Morgan fingerprint density at radius 1 is 1.23 bits per heavy atom. The largest absolute Gasteiger partial charge is 0.338 e. The molecule has 3 atom stereocenters. The predicted octanol–water partition coefficient (Wildman–Crippen LogP) is 1.49. The second kappa shape index (κ2) is 7.05. The highest BCUT2D eigenvalue weighted by Crippen LogP contribution is 2.41. The molecule has 1 fully saturated rings. The molecule has 2 bridgehead atoms. The first-order chi connectivity index (χ1) is 14.4. The van der Waals surface area contributed by atoms with E-state index < -0.39 is 0 Å².